The van der Waals surface area contributed by atoms with Crippen LogP contribution in [0.4, 0.5) is 0 Å². The van der Waals surface area contributed by atoms with Crippen LogP contribution in [-0.2, 0) is 19.1 Å². The second-order valence-corrected chi connectivity index (χ2v) is 4.26. The Balaban J connectivity index is 0.00000256. The van der Waals surface area contributed by atoms with Gasteiger partial charge in [-0.25, -0.2) is 4.79 Å². The number of halogens is 1. The number of esters is 2. The second-order valence-electron chi connectivity index (χ2n) is 3.18. The van der Waals surface area contributed by atoms with Crippen molar-refractivity contribution in [2.24, 2.45) is 0 Å². The molecule has 1 N–H and O–H groups in total. The Morgan fingerprint density at radius 2 is 2.06 bits per heavy atom. The van der Waals surface area contributed by atoms with Crippen LogP contribution in [0.5, 0.6) is 0 Å². The molecule has 1 aliphatic heterocycles. The van der Waals surface area contributed by atoms with Crippen molar-refractivity contribution in [1.82, 2.24) is 5.32 Å². The van der Waals surface area contributed by atoms with Gasteiger partial charge in [-0.15, -0.1) is 24.2 Å². The molecule has 0 spiro atoms. The summed E-state index contributed by atoms with van der Waals surface area (Å²) in [6.45, 7) is 1.31. The maximum Gasteiger partial charge on any atom is 0.335 e. The lowest BCUT2D eigenvalue weighted by molar-refractivity contribution is -0.138. The lowest BCUT2D eigenvalue weighted by Crippen LogP contribution is -2.29. The van der Waals surface area contributed by atoms with Crippen molar-refractivity contribution in [3.05, 3.63) is 10.5 Å². The van der Waals surface area contributed by atoms with E-state index >= 15 is 0 Å². The molecule has 0 aromatic carbocycles. The Labute approximate surface area is 111 Å². The largest absolute Gasteiger partial charge is 0.468 e. The van der Waals surface area contributed by atoms with Gasteiger partial charge in [0, 0.05) is 13.1 Å². The fourth-order valence-electron chi connectivity index (χ4n) is 1.34. The van der Waals surface area contributed by atoms with E-state index in [0.717, 1.165) is 17.9 Å². The number of thioether (sulfide) groups is 1. The van der Waals surface area contributed by atoms with Crippen LogP contribution in [0, 0.1) is 0 Å². The lowest BCUT2D eigenvalue weighted by atomic mass is 10.1. The number of carbonyl (C=O) groups excluding carboxylic acids is 2. The Hall–Kier alpha value is -0.720. The van der Waals surface area contributed by atoms with E-state index in [1.165, 1.54) is 26.0 Å². The standard InChI is InChI=1S/C10H15NO4S.ClH/c1-14-9(12)6-16-8-3-4-11-5-7(8)10(13)15-2;/h11H,3-6H2,1-2H3;1H. The number of carbonyl (C=O) groups is 2. The first kappa shape index (κ1) is 16.3. The SMILES string of the molecule is COC(=O)CSC1=C(C(=O)OC)CNCC1.Cl. The first-order valence-electron chi connectivity index (χ1n) is 4.89. The highest BCUT2D eigenvalue weighted by molar-refractivity contribution is 8.03. The molecule has 98 valence electrons. The quantitative estimate of drug-likeness (QED) is 0.767. The Bertz CT molecular complexity index is 319. The Morgan fingerprint density at radius 1 is 1.35 bits per heavy atom. The zero-order chi connectivity index (χ0) is 12.0. The summed E-state index contributed by atoms with van der Waals surface area (Å²) in [5, 5.41) is 3.09. The first-order valence-corrected chi connectivity index (χ1v) is 5.88. The zero-order valence-corrected chi connectivity index (χ0v) is 11.4. The van der Waals surface area contributed by atoms with E-state index in [0.29, 0.717) is 12.1 Å². The van der Waals surface area contributed by atoms with Crippen LogP contribution >= 0.6 is 24.2 Å². The number of nitrogens with one attached hydrogen (secondary N) is 1. The van der Waals surface area contributed by atoms with Gasteiger partial charge < -0.3 is 14.8 Å². The predicted octanol–water partition coefficient (Wildman–Crippen LogP) is 0.735. The average Bonchev–Trinajstić information content (AvgIpc) is 2.35. The fourth-order valence-corrected chi connectivity index (χ4v) is 2.32. The van der Waals surface area contributed by atoms with Crippen molar-refractivity contribution in [3.8, 4) is 0 Å². The molecular weight excluding hydrogens is 266 g/mol. The molecule has 1 rings (SSSR count). The van der Waals surface area contributed by atoms with E-state index in [2.05, 4.69) is 14.8 Å². The minimum Gasteiger partial charge on any atom is -0.468 e. The minimum atomic E-state index is -0.334. The summed E-state index contributed by atoms with van der Waals surface area (Å²) in [5.74, 6) is -0.397. The molecular formula is C10H16ClNO4S. The average molecular weight is 282 g/mol. The molecule has 0 amide bonds. The Kier molecular flexibility index (Phi) is 8.03. The smallest absolute Gasteiger partial charge is 0.335 e. The molecule has 0 aromatic heterocycles. The van der Waals surface area contributed by atoms with Gasteiger partial charge in [0.15, 0.2) is 0 Å². The Morgan fingerprint density at radius 3 is 2.65 bits per heavy atom. The van der Waals surface area contributed by atoms with Gasteiger partial charge in [-0.3, -0.25) is 4.79 Å². The molecule has 0 saturated carbocycles. The highest BCUT2D eigenvalue weighted by atomic mass is 35.5. The monoisotopic (exact) mass is 281 g/mol. The highest BCUT2D eigenvalue weighted by Gasteiger charge is 2.20. The summed E-state index contributed by atoms with van der Waals surface area (Å²) < 4.78 is 9.24. The van der Waals surface area contributed by atoms with Crippen molar-refractivity contribution in [1.29, 1.82) is 0 Å². The maximum absolute atomic E-state index is 11.4. The third-order valence-corrected chi connectivity index (χ3v) is 3.37. The van der Waals surface area contributed by atoms with Crippen molar-refractivity contribution in [3.63, 3.8) is 0 Å². The molecule has 0 aliphatic carbocycles. The van der Waals surface area contributed by atoms with Gasteiger partial charge in [0.25, 0.3) is 0 Å². The van der Waals surface area contributed by atoms with Gasteiger partial charge in [-0.05, 0) is 11.3 Å². The zero-order valence-electron chi connectivity index (χ0n) is 9.78. The maximum atomic E-state index is 11.4. The van der Waals surface area contributed by atoms with Crippen LogP contribution in [0.2, 0.25) is 0 Å². The van der Waals surface area contributed by atoms with E-state index in [-0.39, 0.29) is 30.1 Å². The molecule has 0 unspecified atom stereocenters. The minimum absolute atomic E-state index is 0. The second kappa shape index (κ2) is 8.38. The van der Waals surface area contributed by atoms with Gasteiger partial charge in [0.2, 0.25) is 0 Å². The van der Waals surface area contributed by atoms with Gasteiger partial charge in [0.1, 0.15) is 0 Å². The number of hydrogen-bond acceptors (Lipinski definition) is 6. The van der Waals surface area contributed by atoms with Crippen molar-refractivity contribution < 1.29 is 19.1 Å². The molecule has 0 atom stereocenters. The normalized spacial score (nSPS) is 14.9. The van der Waals surface area contributed by atoms with Crippen molar-refractivity contribution in [2.75, 3.05) is 33.1 Å². The summed E-state index contributed by atoms with van der Waals surface area (Å²) in [6, 6.07) is 0. The van der Waals surface area contributed by atoms with Crippen LogP contribution in [-0.4, -0.2) is 45.0 Å². The van der Waals surface area contributed by atoms with E-state index in [9.17, 15) is 9.59 Å². The van der Waals surface area contributed by atoms with E-state index in [4.69, 9.17) is 0 Å². The third kappa shape index (κ3) is 4.97. The highest BCUT2D eigenvalue weighted by Crippen LogP contribution is 2.26. The molecule has 0 aromatic rings. The molecule has 0 saturated heterocycles. The van der Waals surface area contributed by atoms with Crippen molar-refractivity contribution in [2.45, 2.75) is 6.42 Å². The molecule has 1 heterocycles. The van der Waals surface area contributed by atoms with Gasteiger partial charge in [0.05, 0.1) is 25.5 Å². The van der Waals surface area contributed by atoms with Crippen LogP contribution in [0.15, 0.2) is 10.5 Å². The van der Waals surface area contributed by atoms with Crippen LogP contribution in [0.1, 0.15) is 6.42 Å². The van der Waals surface area contributed by atoms with E-state index in [1.54, 1.807) is 0 Å². The van der Waals surface area contributed by atoms with Gasteiger partial charge in [-0.2, -0.15) is 0 Å². The summed E-state index contributed by atoms with van der Waals surface area (Å²) in [5.41, 5.74) is 0.614. The van der Waals surface area contributed by atoms with Crippen LogP contribution in [0.25, 0.3) is 0 Å². The number of methoxy groups -OCH3 is 2. The molecule has 0 fully saturated rings. The summed E-state index contributed by atoms with van der Waals surface area (Å²) in [7, 11) is 2.70. The lowest BCUT2D eigenvalue weighted by Gasteiger charge is -2.18. The van der Waals surface area contributed by atoms with Crippen LogP contribution in [0.3, 0.4) is 0 Å². The molecule has 1 aliphatic rings. The topological polar surface area (TPSA) is 64.6 Å². The number of ether oxygens (including phenoxy) is 2. The van der Waals surface area contributed by atoms with Crippen molar-refractivity contribution >= 4 is 36.1 Å². The molecule has 5 nitrogen and oxygen atoms in total. The number of rotatable bonds is 4. The van der Waals surface area contributed by atoms with Gasteiger partial charge in [-0.1, -0.05) is 0 Å². The van der Waals surface area contributed by atoms with Crippen LogP contribution < -0.4 is 5.32 Å². The third-order valence-electron chi connectivity index (χ3n) is 2.19. The summed E-state index contributed by atoms with van der Waals surface area (Å²) >= 11 is 1.35. The van der Waals surface area contributed by atoms with E-state index < -0.39 is 0 Å². The summed E-state index contributed by atoms with van der Waals surface area (Å²) in [6.07, 6.45) is 0.742. The fraction of sp³-hybridized carbons (Fsp3) is 0.600. The van der Waals surface area contributed by atoms with E-state index in [1.807, 2.05) is 0 Å². The molecule has 0 radical (unpaired) electrons. The van der Waals surface area contributed by atoms with Gasteiger partial charge >= 0.3 is 11.9 Å². The molecule has 17 heavy (non-hydrogen) atoms. The number of hydrogen-bond donors (Lipinski definition) is 1. The predicted molar refractivity (Wildman–Crippen MR) is 68.3 cm³/mol. The molecule has 7 heteroatoms. The first-order chi connectivity index (χ1) is 7.69. The summed E-state index contributed by atoms with van der Waals surface area (Å²) in [4.78, 5) is 23.4. The molecule has 0 bridgehead atoms.